The number of benzene rings is 2. The van der Waals surface area contributed by atoms with Crippen LogP contribution < -0.4 is 0 Å². The van der Waals surface area contributed by atoms with Crippen LogP contribution in [0.3, 0.4) is 0 Å². The fourth-order valence-electron chi connectivity index (χ4n) is 3.39. The SMILES string of the molecule is CC(CN1CCN(C)CC1)c1cccc(C(O)c2ccccc2)c1. The van der Waals surface area contributed by atoms with E-state index in [9.17, 15) is 5.11 Å². The second kappa shape index (κ2) is 7.93. The number of nitrogens with zero attached hydrogens (tertiary/aromatic N) is 2. The van der Waals surface area contributed by atoms with Crippen molar-refractivity contribution in [1.82, 2.24) is 9.80 Å². The Hall–Kier alpha value is -1.68. The lowest BCUT2D eigenvalue weighted by Crippen LogP contribution is -2.45. The van der Waals surface area contributed by atoms with Crippen LogP contribution >= 0.6 is 0 Å². The molecule has 1 saturated heterocycles. The number of hydrogen-bond donors (Lipinski definition) is 1. The molecule has 2 aromatic carbocycles. The average Bonchev–Trinajstić information content (AvgIpc) is 2.64. The van der Waals surface area contributed by atoms with E-state index >= 15 is 0 Å². The Morgan fingerprint density at radius 2 is 1.50 bits per heavy atom. The van der Waals surface area contributed by atoms with E-state index in [1.54, 1.807) is 0 Å². The van der Waals surface area contributed by atoms with Gasteiger partial charge in [0.25, 0.3) is 0 Å². The summed E-state index contributed by atoms with van der Waals surface area (Å²) in [5, 5.41) is 10.6. The first-order chi connectivity index (χ1) is 11.6. The maximum Gasteiger partial charge on any atom is 0.104 e. The van der Waals surface area contributed by atoms with Gasteiger partial charge in [0.2, 0.25) is 0 Å². The van der Waals surface area contributed by atoms with Gasteiger partial charge >= 0.3 is 0 Å². The summed E-state index contributed by atoms with van der Waals surface area (Å²) in [6.45, 7) is 7.96. The molecule has 2 unspecified atom stereocenters. The first-order valence-electron chi connectivity index (χ1n) is 8.87. The molecule has 0 bridgehead atoms. The molecule has 1 N–H and O–H groups in total. The van der Waals surface area contributed by atoms with Crippen molar-refractivity contribution in [2.24, 2.45) is 0 Å². The largest absolute Gasteiger partial charge is 0.384 e. The van der Waals surface area contributed by atoms with Crippen LogP contribution in [0.1, 0.15) is 35.6 Å². The highest BCUT2D eigenvalue weighted by molar-refractivity contribution is 5.33. The number of aliphatic hydroxyl groups excluding tert-OH is 1. The van der Waals surface area contributed by atoms with E-state index in [0.29, 0.717) is 5.92 Å². The van der Waals surface area contributed by atoms with E-state index in [2.05, 4.69) is 42.0 Å². The summed E-state index contributed by atoms with van der Waals surface area (Å²) in [7, 11) is 2.19. The summed E-state index contributed by atoms with van der Waals surface area (Å²) in [5.41, 5.74) is 3.23. The quantitative estimate of drug-likeness (QED) is 0.915. The maximum absolute atomic E-state index is 10.6. The van der Waals surface area contributed by atoms with Gasteiger partial charge in [0.1, 0.15) is 6.10 Å². The molecule has 128 valence electrons. The molecular formula is C21H28N2O. The fraction of sp³-hybridized carbons (Fsp3) is 0.429. The van der Waals surface area contributed by atoms with E-state index in [4.69, 9.17) is 0 Å². The van der Waals surface area contributed by atoms with E-state index in [-0.39, 0.29) is 0 Å². The summed E-state index contributed by atoms with van der Waals surface area (Å²) in [6, 6.07) is 18.3. The Labute approximate surface area is 145 Å². The van der Waals surface area contributed by atoms with E-state index in [0.717, 1.165) is 43.9 Å². The molecule has 0 aliphatic carbocycles. The maximum atomic E-state index is 10.6. The molecule has 1 heterocycles. The minimum atomic E-state index is -0.554. The normalized spacial score (nSPS) is 19.1. The Morgan fingerprint density at radius 1 is 0.875 bits per heavy atom. The molecule has 24 heavy (non-hydrogen) atoms. The predicted octanol–water partition coefficient (Wildman–Crippen LogP) is 3.12. The van der Waals surface area contributed by atoms with Gasteiger partial charge in [0, 0.05) is 32.7 Å². The number of aliphatic hydroxyl groups is 1. The van der Waals surface area contributed by atoms with Gasteiger partial charge in [-0.2, -0.15) is 0 Å². The third-order valence-corrected chi connectivity index (χ3v) is 5.04. The summed E-state index contributed by atoms with van der Waals surface area (Å²) in [4.78, 5) is 4.93. The van der Waals surface area contributed by atoms with Crippen LogP contribution in [0.25, 0.3) is 0 Å². The van der Waals surface area contributed by atoms with Gasteiger partial charge in [-0.25, -0.2) is 0 Å². The van der Waals surface area contributed by atoms with E-state index in [1.165, 1.54) is 5.56 Å². The summed E-state index contributed by atoms with van der Waals surface area (Å²) in [6.07, 6.45) is -0.554. The molecule has 3 heteroatoms. The number of piperazine rings is 1. The number of likely N-dealkylation sites (N-methyl/N-ethyl adjacent to an activating group) is 1. The van der Waals surface area contributed by atoms with Crippen LogP contribution in [-0.2, 0) is 0 Å². The zero-order chi connectivity index (χ0) is 16.9. The summed E-state index contributed by atoms with van der Waals surface area (Å²) < 4.78 is 0. The second-order valence-electron chi connectivity index (χ2n) is 6.99. The van der Waals surface area contributed by atoms with Gasteiger partial charge < -0.3 is 14.9 Å². The Bertz CT molecular complexity index is 635. The molecule has 3 nitrogen and oxygen atoms in total. The monoisotopic (exact) mass is 324 g/mol. The Morgan fingerprint density at radius 3 is 2.21 bits per heavy atom. The Balaban J connectivity index is 1.68. The molecule has 0 aromatic heterocycles. The molecule has 0 amide bonds. The molecule has 3 rings (SSSR count). The number of hydrogen-bond acceptors (Lipinski definition) is 3. The van der Waals surface area contributed by atoms with Gasteiger partial charge in [0.05, 0.1) is 0 Å². The fourth-order valence-corrected chi connectivity index (χ4v) is 3.39. The lowest BCUT2D eigenvalue weighted by atomic mass is 9.94. The molecule has 1 aliphatic heterocycles. The Kier molecular flexibility index (Phi) is 5.67. The first-order valence-corrected chi connectivity index (χ1v) is 8.87. The second-order valence-corrected chi connectivity index (χ2v) is 6.99. The van der Waals surface area contributed by atoms with Gasteiger partial charge in [0.15, 0.2) is 0 Å². The molecule has 2 atom stereocenters. The number of rotatable bonds is 5. The molecule has 0 saturated carbocycles. The standard InChI is InChI=1S/C21H28N2O/c1-17(16-23-13-11-22(2)12-14-23)19-9-6-10-20(15-19)21(24)18-7-4-3-5-8-18/h3-10,15,17,21,24H,11-14,16H2,1-2H3. The van der Waals surface area contributed by atoms with Crippen molar-refractivity contribution in [3.05, 3.63) is 71.3 Å². The predicted molar refractivity (Wildman–Crippen MR) is 99.3 cm³/mol. The zero-order valence-corrected chi connectivity index (χ0v) is 14.7. The zero-order valence-electron chi connectivity index (χ0n) is 14.7. The highest BCUT2D eigenvalue weighted by Crippen LogP contribution is 2.25. The lowest BCUT2D eigenvalue weighted by molar-refractivity contribution is 0.149. The van der Waals surface area contributed by atoms with Crippen molar-refractivity contribution >= 4 is 0 Å². The van der Waals surface area contributed by atoms with Crippen LogP contribution in [0.15, 0.2) is 54.6 Å². The summed E-state index contributed by atoms with van der Waals surface area (Å²) in [5.74, 6) is 0.469. The van der Waals surface area contributed by atoms with Gasteiger partial charge in [-0.15, -0.1) is 0 Å². The molecular weight excluding hydrogens is 296 g/mol. The van der Waals surface area contributed by atoms with E-state index in [1.807, 2.05) is 36.4 Å². The molecule has 1 fully saturated rings. The minimum absolute atomic E-state index is 0.469. The minimum Gasteiger partial charge on any atom is -0.384 e. The van der Waals surface area contributed by atoms with Crippen LogP contribution in [0.5, 0.6) is 0 Å². The van der Waals surface area contributed by atoms with Crippen LogP contribution in [0.4, 0.5) is 0 Å². The smallest absolute Gasteiger partial charge is 0.104 e. The van der Waals surface area contributed by atoms with Crippen molar-refractivity contribution < 1.29 is 5.11 Å². The first kappa shape index (κ1) is 17.2. The highest BCUT2D eigenvalue weighted by Gasteiger charge is 2.18. The molecule has 2 aromatic rings. The van der Waals surface area contributed by atoms with Gasteiger partial charge in [-0.1, -0.05) is 61.5 Å². The third kappa shape index (κ3) is 4.23. The van der Waals surface area contributed by atoms with Crippen LogP contribution in [-0.4, -0.2) is 54.7 Å². The van der Waals surface area contributed by atoms with Crippen molar-refractivity contribution in [2.45, 2.75) is 18.9 Å². The van der Waals surface area contributed by atoms with Gasteiger partial charge in [-0.3, -0.25) is 0 Å². The third-order valence-electron chi connectivity index (χ3n) is 5.04. The summed E-state index contributed by atoms with van der Waals surface area (Å²) >= 11 is 0. The van der Waals surface area contributed by atoms with Crippen molar-refractivity contribution in [2.75, 3.05) is 39.8 Å². The van der Waals surface area contributed by atoms with Gasteiger partial charge in [-0.05, 0) is 29.7 Å². The lowest BCUT2D eigenvalue weighted by Gasteiger charge is -2.34. The molecule has 0 spiro atoms. The van der Waals surface area contributed by atoms with Crippen molar-refractivity contribution in [1.29, 1.82) is 0 Å². The average molecular weight is 324 g/mol. The molecule has 0 radical (unpaired) electrons. The topological polar surface area (TPSA) is 26.7 Å². The van der Waals surface area contributed by atoms with Crippen LogP contribution in [0.2, 0.25) is 0 Å². The van der Waals surface area contributed by atoms with Crippen molar-refractivity contribution in [3.63, 3.8) is 0 Å². The van der Waals surface area contributed by atoms with E-state index < -0.39 is 6.10 Å². The highest BCUT2D eigenvalue weighted by atomic mass is 16.3. The van der Waals surface area contributed by atoms with Crippen molar-refractivity contribution in [3.8, 4) is 0 Å². The van der Waals surface area contributed by atoms with Crippen LogP contribution in [0, 0.1) is 0 Å². The molecule has 1 aliphatic rings.